The van der Waals surface area contributed by atoms with E-state index >= 15 is 0 Å². The number of rotatable bonds is 5. The van der Waals surface area contributed by atoms with Crippen molar-refractivity contribution in [2.75, 3.05) is 6.54 Å². The van der Waals surface area contributed by atoms with Crippen molar-refractivity contribution in [1.29, 1.82) is 0 Å². The summed E-state index contributed by atoms with van der Waals surface area (Å²) in [5.41, 5.74) is -0.821. The highest BCUT2D eigenvalue weighted by Crippen LogP contribution is 2.22. The third-order valence-electron chi connectivity index (χ3n) is 3.42. The summed E-state index contributed by atoms with van der Waals surface area (Å²) in [7, 11) is 1.79. The topological polar surface area (TPSA) is 67.2 Å². The standard InChI is InChI=1S/C13H23N3O2/c1-6-12(2,3)11(17)14-9-13(4,18)10-7-15-16(5)8-10/h7-8,18H,6,9H2,1-5H3,(H,14,17). The van der Waals surface area contributed by atoms with Crippen molar-refractivity contribution in [2.24, 2.45) is 12.5 Å². The van der Waals surface area contributed by atoms with Gasteiger partial charge in [-0.3, -0.25) is 9.48 Å². The minimum absolute atomic E-state index is 0.0471. The zero-order valence-corrected chi connectivity index (χ0v) is 11.8. The number of nitrogens with zero attached hydrogens (tertiary/aromatic N) is 2. The molecule has 1 heterocycles. The molecule has 1 aromatic rings. The van der Waals surface area contributed by atoms with Crippen molar-refractivity contribution >= 4 is 5.91 Å². The van der Waals surface area contributed by atoms with Crippen LogP contribution in [-0.4, -0.2) is 27.3 Å². The lowest BCUT2D eigenvalue weighted by molar-refractivity contribution is -0.130. The molecule has 0 bridgehead atoms. The number of carbonyl (C=O) groups excluding carboxylic acids is 1. The first-order valence-electron chi connectivity index (χ1n) is 6.19. The van der Waals surface area contributed by atoms with Crippen LogP contribution in [0.4, 0.5) is 0 Å². The Morgan fingerprint density at radius 1 is 1.50 bits per heavy atom. The van der Waals surface area contributed by atoms with Gasteiger partial charge in [0.2, 0.25) is 5.91 Å². The average Bonchev–Trinajstić information content (AvgIpc) is 2.73. The molecule has 1 amide bonds. The molecule has 1 unspecified atom stereocenters. The molecule has 0 saturated heterocycles. The number of hydrogen-bond donors (Lipinski definition) is 2. The second-order valence-corrected chi connectivity index (χ2v) is 5.60. The second kappa shape index (κ2) is 5.10. The summed E-state index contributed by atoms with van der Waals surface area (Å²) in [6, 6.07) is 0. The van der Waals surface area contributed by atoms with Crippen LogP contribution in [-0.2, 0) is 17.4 Å². The van der Waals surface area contributed by atoms with E-state index in [4.69, 9.17) is 0 Å². The van der Waals surface area contributed by atoms with Crippen LogP contribution in [0, 0.1) is 5.41 Å². The van der Waals surface area contributed by atoms with Crippen LogP contribution in [0.15, 0.2) is 12.4 Å². The van der Waals surface area contributed by atoms with Crippen LogP contribution in [0.5, 0.6) is 0 Å². The van der Waals surface area contributed by atoms with E-state index in [0.717, 1.165) is 6.42 Å². The lowest BCUT2D eigenvalue weighted by atomic mass is 9.88. The van der Waals surface area contributed by atoms with Crippen LogP contribution in [0.1, 0.15) is 39.7 Å². The Morgan fingerprint density at radius 2 is 2.11 bits per heavy atom. The second-order valence-electron chi connectivity index (χ2n) is 5.60. The normalized spacial score (nSPS) is 15.2. The van der Waals surface area contributed by atoms with Gasteiger partial charge in [-0.1, -0.05) is 20.8 Å². The van der Waals surface area contributed by atoms with Crippen molar-refractivity contribution in [1.82, 2.24) is 15.1 Å². The molecule has 0 aliphatic rings. The monoisotopic (exact) mass is 253 g/mol. The largest absolute Gasteiger partial charge is 0.383 e. The molecule has 1 atom stereocenters. The summed E-state index contributed by atoms with van der Waals surface area (Å²) in [5.74, 6) is -0.0471. The van der Waals surface area contributed by atoms with E-state index in [1.165, 1.54) is 0 Å². The first-order chi connectivity index (χ1) is 8.19. The van der Waals surface area contributed by atoms with E-state index in [1.807, 2.05) is 20.8 Å². The summed E-state index contributed by atoms with van der Waals surface area (Å²) in [6.45, 7) is 7.60. The van der Waals surface area contributed by atoms with E-state index in [0.29, 0.717) is 5.56 Å². The molecule has 5 nitrogen and oxygen atoms in total. The van der Waals surface area contributed by atoms with E-state index in [2.05, 4.69) is 10.4 Å². The molecule has 0 aliphatic heterocycles. The minimum atomic E-state index is -1.10. The van der Waals surface area contributed by atoms with Crippen molar-refractivity contribution in [3.8, 4) is 0 Å². The van der Waals surface area contributed by atoms with Gasteiger partial charge >= 0.3 is 0 Å². The first-order valence-corrected chi connectivity index (χ1v) is 6.19. The molecule has 0 aliphatic carbocycles. The van der Waals surface area contributed by atoms with Gasteiger partial charge in [0.25, 0.3) is 0 Å². The maximum Gasteiger partial charge on any atom is 0.225 e. The van der Waals surface area contributed by atoms with Gasteiger partial charge in [0.15, 0.2) is 0 Å². The summed E-state index contributed by atoms with van der Waals surface area (Å²) >= 11 is 0. The fraction of sp³-hybridized carbons (Fsp3) is 0.692. The average molecular weight is 253 g/mol. The highest BCUT2D eigenvalue weighted by atomic mass is 16.3. The van der Waals surface area contributed by atoms with E-state index in [1.54, 1.807) is 31.0 Å². The highest BCUT2D eigenvalue weighted by Gasteiger charge is 2.29. The summed E-state index contributed by atoms with van der Waals surface area (Å²) in [5, 5.41) is 17.1. The molecule has 0 radical (unpaired) electrons. The number of aryl methyl sites for hydroxylation is 1. The SMILES string of the molecule is CCC(C)(C)C(=O)NCC(C)(O)c1cnn(C)c1. The molecule has 0 saturated carbocycles. The van der Waals surface area contributed by atoms with E-state index < -0.39 is 11.0 Å². The van der Waals surface area contributed by atoms with Crippen molar-refractivity contribution in [3.05, 3.63) is 18.0 Å². The Kier molecular flexibility index (Phi) is 4.16. The first kappa shape index (κ1) is 14.7. The van der Waals surface area contributed by atoms with Crippen LogP contribution in [0.25, 0.3) is 0 Å². The Morgan fingerprint density at radius 3 is 2.56 bits per heavy atom. The summed E-state index contributed by atoms with van der Waals surface area (Å²) < 4.78 is 1.63. The maximum absolute atomic E-state index is 11.9. The zero-order valence-electron chi connectivity index (χ0n) is 11.8. The van der Waals surface area contributed by atoms with Gasteiger partial charge in [-0.2, -0.15) is 5.10 Å². The molecular formula is C13H23N3O2. The van der Waals surface area contributed by atoms with Crippen LogP contribution in [0.2, 0.25) is 0 Å². The molecule has 5 heteroatoms. The molecule has 0 spiro atoms. The Balaban J connectivity index is 2.65. The van der Waals surface area contributed by atoms with Gasteiger partial charge in [-0.05, 0) is 13.3 Å². The van der Waals surface area contributed by atoms with Gasteiger partial charge in [-0.15, -0.1) is 0 Å². The van der Waals surface area contributed by atoms with E-state index in [-0.39, 0.29) is 12.5 Å². The molecule has 1 rings (SSSR count). The highest BCUT2D eigenvalue weighted by molar-refractivity contribution is 5.81. The van der Waals surface area contributed by atoms with Gasteiger partial charge in [0.05, 0.1) is 12.7 Å². The van der Waals surface area contributed by atoms with Crippen molar-refractivity contribution < 1.29 is 9.90 Å². The molecule has 0 aromatic carbocycles. The van der Waals surface area contributed by atoms with Crippen LogP contribution < -0.4 is 5.32 Å². The van der Waals surface area contributed by atoms with Gasteiger partial charge in [-0.25, -0.2) is 0 Å². The molecule has 1 aromatic heterocycles. The van der Waals surface area contributed by atoms with E-state index in [9.17, 15) is 9.90 Å². The summed E-state index contributed by atoms with van der Waals surface area (Å²) in [4.78, 5) is 11.9. The molecule has 18 heavy (non-hydrogen) atoms. The third-order valence-corrected chi connectivity index (χ3v) is 3.42. The Bertz CT molecular complexity index is 422. The predicted octanol–water partition coefficient (Wildman–Crippen LogP) is 1.18. The predicted molar refractivity (Wildman–Crippen MR) is 69.9 cm³/mol. The third kappa shape index (κ3) is 3.32. The smallest absolute Gasteiger partial charge is 0.225 e. The molecule has 0 fully saturated rings. The van der Waals surface area contributed by atoms with Crippen LogP contribution in [0.3, 0.4) is 0 Å². The quantitative estimate of drug-likeness (QED) is 0.828. The molecule has 2 N–H and O–H groups in total. The Labute approximate surface area is 108 Å². The van der Waals surface area contributed by atoms with Gasteiger partial charge < -0.3 is 10.4 Å². The lowest BCUT2D eigenvalue weighted by Gasteiger charge is -2.26. The Hall–Kier alpha value is -1.36. The van der Waals surface area contributed by atoms with Gasteiger partial charge in [0, 0.05) is 24.2 Å². The number of amides is 1. The number of hydrogen-bond acceptors (Lipinski definition) is 3. The molecular weight excluding hydrogens is 230 g/mol. The number of carbonyl (C=O) groups is 1. The maximum atomic E-state index is 11.9. The minimum Gasteiger partial charge on any atom is -0.383 e. The van der Waals surface area contributed by atoms with Crippen LogP contribution >= 0.6 is 0 Å². The molecule has 102 valence electrons. The number of nitrogens with one attached hydrogen (secondary N) is 1. The zero-order chi connectivity index (χ0) is 14.0. The van der Waals surface area contributed by atoms with Gasteiger partial charge in [0.1, 0.15) is 5.60 Å². The summed E-state index contributed by atoms with van der Waals surface area (Å²) in [6.07, 6.45) is 4.11. The number of aliphatic hydroxyl groups is 1. The van der Waals surface area contributed by atoms with Crippen molar-refractivity contribution in [3.63, 3.8) is 0 Å². The number of aromatic nitrogens is 2. The van der Waals surface area contributed by atoms with Crippen molar-refractivity contribution in [2.45, 2.75) is 39.7 Å². The fourth-order valence-electron chi connectivity index (χ4n) is 1.45. The lowest BCUT2D eigenvalue weighted by Crippen LogP contribution is -2.43. The fourth-order valence-corrected chi connectivity index (χ4v) is 1.45.